The fourth-order valence-corrected chi connectivity index (χ4v) is 1.47. The average Bonchev–Trinajstić information content (AvgIpc) is 2.19. The highest BCUT2D eigenvalue weighted by molar-refractivity contribution is 7.98. The van der Waals surface area contributed by atoms with Crippen molar-refractivity contribution in [3.8, 4) is 0 Å². The molecule has 1 aromatic carbocycles. The van der Waals surface area contributed by atoms with Crippen LogP contribution in [0.4, 0.5) is 0 Å². The van der Waals surface area contributed by atoms with E-state index in [1.807, 2.05) is 6.08 Å². The van der Waals surface area contributed by atoms with E-state index < -0.39 is 0 Å². The third kappa shape index (κ3) is 4.70. The Morgan fingerprint density at radius 1 is 1.36 bits per heavy atom. The Balaban J connectivity index is 0.00000169. The van der Waals surface area contributed by atoms with E-state index in [0.29, 0.717) is 0 Å². The molecule has 14 heavy (non-hydrogen) atoms. The maximum absolute atomic E-state index is 3.65. The Labute approximate surface area is 96.4 Å². The lowest BCUT2D eigenvalue weighted by molar-refractivity contribution is 0.760. The monoisotopic (exact) mass is 229 g/mol. The minimum Gasteiger partial charge on any atom is -0.309 e. The van der Waals surface area contributed by atoms with E-state index in [2.05, 4.69) is 42.4 Å². The van der Waals surface area contributed by atoms with Gasteiger partial charge in [-0.05, 0) is 24.0 Å². The Hall–Kier alpha value is -0.440. The van der Waals surface area contributed by atoms with Crippen LogP contribution in [0.15, 0.2) is 41.8 Å². The first-order chi connectivity index (χ1) is 6.36. The third-order valence-corrected chi connectivity index (χ3v) is 2.52. The van der Waals surface area contributed by atoms with Gasteiger partial charge in [0, 0.05) is 18.0 Å². The Morgan fingerprint density at radius 2 is 2.00 bits per heavy atom. The summed E-state index contributed by atoms with van der Waals surface area (Å²) in [4.78, 5) is 1.31. The molecule has 1 N–H and O–H groups in total. The van der Waals surface area contributed by atoms with E-state index in [4.69, 9.17) is 0 Å². The van der Waals surface area contributed by atoms with E-state index in [-0.39, 0.29) is 12.4 Å². The van der Waals surface area contributed by atoms with Crippen LogP contribution in [-0.4, -0.2) is 12.8 Å². The van der Waals surface area contributed by atoms with Crippen molar-refractivity contribution in [2.24, 2.45) is 0 Å². The van der Waals surface area contributed by atoms with Crippen LogP contribution in [-0.2, 0) is 6.54 Å². The van der Waals surface area contributed by atoms with Crippen LogP contribution in [0.25, 0.3) is 0 Å². The van der Waals surface area contributed by atoms with Gasteiger partial charge in [0.05, 0.1) is 0 Å². The summed E-state index contributed by atoms with van der Waals surface area (Å²) in [5.74, 6) is 0. The quantitative estimate of drug-likeness (QED) is 0.473. The fourth-order valence-electron chi connectivity index (χ4n) is 1.06. The van der Waals surface area contributed by atoms with Gasteiger partial charge in [-0.15, -0.1) is 30.7 Å². The zero-order valence-corrected chi connectivity index (χ0v) is 9.96. The molecule has 0 saturated carbocycles. The minimum atomic E-state index is 0. The number of rotatable bonds is 5. The largest absolute Gasteiger partial charge is 0.309 e. The molecule has 0 aliphatic carbocycles. The summed E-state index contributed by atoms with van der Waals surface area (Å²) < 4.78 is 0. The van der Waals surface area contributed by atoms with E-state index in [1.165, 1.54) is 10.5 Å². The molecule has 0 amide bonds. The van der Waals surface area contributed by atoms with Crippen molar-refractivity contribution in [3.63, 3.8) is 0 Å². The molecule has 0 fully saturated rings. The van der Waals surface area contributed by atoms with Crippen molar-refractivity contribution < 1.29 is 0 Å². The molecule has 0 saturated heterocycles. The molecule has 0 aliphatic heterocycles. The summed E-state index contributed by atoms with van der Waals surface area (Å²) >= 11 is 1.77. The highest BCUT2D eigenvalue weighted by Crippen LogP contribution is 2.14. The van der Waals surface area contributed by atoms with Gasteiger partial charge in [0.2, 0.25) is 0 Å². The third-order valence-electron chi connectivity index (χ3n) is 1.78. The highest BCUT2D eigenvalue weighted by atomic mass is 35.5. The van der Waals surface area contributed by atoms with Gasteiger partial charge in [-0.25, -0.2) is 0 Å². The predicted molar refractivity (Wildman–Crippen MR) is 67.4 cm³/mol. The number of nitrogens with one attached hydrogen (secondary N) is 1. The molecule has 1 rings (SSSR count). The maximum atomic E-state index is 3.65. The number of hydrogen-bond acceptors (Lipinski definition) is 2. The van der Waals surface area contributed by atoms with Crippen molar-refractivity contribution in [1.29, 1.82) is 0 Å². The van der Waals surface area contributed by atoms with Crippen LogP contribution in [0.3, 0.4) is 0 Å². The SMILES string of the molecule is C=CCNCc1ccc(SC)cc1.Cl. The highest BCUT2D eigenvalue weighted by Gasteiger charge is 1.91. The number of hydrogen-bond donors (Lipinski definition) is 1. The van der Waals surface area contributed by atoms with Gasteiger partial charge in [-0.3, -0.25) is 0 Å². The molecule has 0 aromatic heterocycles. The van der Waals surface area contributed by atoms with Crippen LogP contribution < -0.4 is 5.32 Å². The zero-order chi connectivity index (χ0) is 9.52. The minimum absolute atomic E-state index is 0. The molecule has 0 bridgehead atoms. The molecule has 0 radical (unpaired) electrons. The normalized spacial score (nSPS) is 9.21. The maximum Gasteiger partial charge on any atom is 0.0208 e. The molecule has 0 heterocycles. The van der Waals surface area contributed by atoms with Gasteiger partial charge in [0.1, 0.15) is 0 Å². The summed E-state index contributed by atoms with van der Waals surface area (Å²) in [5.41, 5.74) is 1.32. The molecule has 1 nitrogen and oxygen atoms in total. The molecule has 0 unspecified atom stereocenters. The molecule has 0 spiro atoms. The standard InChI is InChI=1S/C11H15NS.ClH/c1-3-8-12-9-10-4-6-11(13-2)7-5-10;/h3-7,12H,1,8-9H2,2H3;1H. The van der Waals surface area contributed by atoms with Gasteiger partial charge in [0.25, 0.3) is 0 Å². The van der Waals surface area contributed by atoms with E-state index in [1.54, 1.807) is 11.8 Å². The fraction of sp³-hybridized carbons (Fsp3) is 0.273. The van der Waals surface area contributed by atoms with E-state index in [9.17, 15) is 0 Å². The van der Waals surface area contributed by atoms with E-state index >= 15 is 0 Å². The zero-order valence-electron chi connectivity index (χ0n) is 8.32. The lowest BCUT2D eigenvalue weighted by Gasteiger charge is -2.02. The van der Waals surface area contributed by atoms with Gasteiger partial charge >= 0.3 is 0 Å². The second kappa shape index (κ2) is 7.92. The van der Waals surface area contributed by atoms with Crippen molar-refractivity contribution >= 4 is 24.2 Å². The molecule has 0 atom stereocenters. The van der Waals surface area contributed by atoms with E-state index in [0.717, 1.165) is 13.1 Å². The number of halogens is 1. The summed E-state index contributed by atoms with van der Waals surface area (Å²) in [6.07, 6.45) is 3.96. The number of thioether (sulfide) groups is 1. The summed E-state index contributed by atoms with van der Waals surface area (Å²) in [6.45, 7) is 5.44. The van der Waals surface area contributed by atoms with Crippen LogP contribution >= 0.6 is 24.2 Å². The van der Waals surface area contributed by atoms with Crippen molar-refractivity contribution in [3.05, 3.63) is 42.5 Å². The number of benzene rings is 1. The Morgan fingerprint density at radius 3 is 2.50 bits per heavy atom. The van der Waals surface area contributed by atoms with Gasteiger partial charge < -0.3 is 5.32 Å². The topological polar surface area (TPSA) is 12.0 Å². The molecule has 3 heteroatoms. The first kappa shape index (κ1) is 13.6. The average molecular weight is 230 g/mol. The Bertz CT molecular complexity index is 258. The Kier molecular flexibility index (Phi) is 7.67. The lowest BCUT2D eigenvalue weighted by atomic mass is 10.2. The van der Waals surface area contributed by atoms with Crippen molar-refractivity contribution in [1.82, 2.24) is 5.32 Å². The first-order valence-electron chi connectivity index (χ1n) is 4.31. The molecule has 0 aliphatic rings. The molecular weight excluding hydrogens is 214 g/mol. The van der Waals surface area contributed by atoms with Gasteiger partial charge in [-0.1, -0.05) is 18.2 Å². The summed E-state index contributed by atoms with van der Waals surface area (Å²) in [7, 11) is 0. The van der Waals surface area contributed by atoms with Crippen molar-refractivity contribution in [2.45, 2.75) is 11.4 Å². The van der Waals surface area contributed by atoms with Crippen LogP contribution in [0.1, 0.15) is 5.56 Å². The van der Waals surface area contributed by atoms with Crippen LogP contribution in [0.5, 0.6) is 0 Å². The summed E-state index contributed by atoms with van der Waals surface area (Å²) in [5, 5.41) is 3.26. The van der Waals surface area contributed by atoms with Crippen molar-refractivity contribution in [2.75, 3.05) is 12.8 Å². The second-order valence-electron chi connectivity index (χ2n) is 2.77. The predicted octanol–water partition coefficient (Wildman–Crippen LogP) is 3.11. The molecule has 78 valence electrons. The lowest BCUT2D eigenvalue weighted by Crippen LogP contribution is -2.12. The van der Waals surface area contributed by atoms with Gasteiger partial charge in [-0.2, -0.15) is 0 Å². The summed E-state index contributed by atoms with van der Waals surface area (Å²) in [6, 6.07) is 8.61. The van der Waals surface area contributed by atoms with Crippen LogP contribution in [0, 0.1) is 0 Å². The second-order valence-corrected chi connectivity index (χ2v) is 3.65. The van der Waals surface area contributed by atoms with Crippen LogP contribution in [0.2, 0.25) is 0 Å². The first-order valence-corrected chi connectivity index (χ1v) is 5.54. The van der Waals surface area contributed by atoms with Gasteiger partial charge in [0.15, 0.2) is 0 Å². The molecule has 1 aromatic rings. The molecular formula is C11H16ClNS. The smallest absolute Gasteiger partial charge is 0.0208 e.